The van der Waals surface area contributed by atoms with Gasteiger partial charge in [-0.3, -0.25) is 33.8 Å². The molecule has 3 amide bonds. The minimum Gasteiger partial charge on any atom is -0.481 e. The van der Waals surface area contributed by atoms with Crippen LogP contribution < -0.4 is 38.3 Å². The quantitative estimate of drug-likeness (QED) is 0.0557. The Hall–Kier alpha value is -6.16. The van der Waals surface area contributed by atoms with Gasteiger partial charge in [0.05, 0.1) is 30.9 Å². The van der Waals surface area contributed by atoms with Crippen LogP contribution in [0.25, 0.3) is 11.2 Å². The van der Waals surface area contributed by atoms with Crippen molar-refractivity contribution in [2.45, 2.75) is 62.8 Å². The summed E-state index contributed by atoms with van der Waals surface area (Å²) in [5.74, 6) is -7.96. The lowest BCUT2D eigenvalue weighted by molar-refractivity contribution is -0.143. The third-order valence-corrected chi connectivity index (χ3v) is 7.67. The van der Waals surface area contributed by atoms with E-state index < -0.39 is 77.6 Å². The molecule has 0 spiro atoms. The number of ketones is 1. The number of Topliss-reactive ketones (excluding diaryl/α,β-unsaturated/α-hetero) is 1. The number of nitrogen functional groups attached to an aromatic ring is 1. The summed E-state index contributed by atoms with van der Waals surface area (Å²) in [6.45, 7) is 0.164. The second-order valence-electron chi connectivity index (χ2n) is 11.2. The van der Waals surface area contributed by atoms with E-state index >= 15 is 0 Å². The molecule has 1 aromatic carbocycles. The molecule has 278 valence electrons. The van der Waals surface area contributed by atoms with Crippen LogP contribution in [0, 0.1) is 0 Å². The number of H-pyrrole nitrogens is 1. The predicted molar refractivity (Wildman–Crippen MR) is 184 cm³/mol. The molecule has 0 radical (unpaired) electrons. The molecule has 0 aliphatic heterocycles. The monoisotopic (exact) mass is 744 g/mol. The Labute approximate surface area is 298 Å². The largest absolute Gasteiger partial charge is 0.481 e. The maximum Gasteiger partial charge on any atom is 0.327 e. The number of carbonyl (C=O) groups is 7. The second kappa shape index (κ2) is 18.7. The summed E-state index contributed by atoms with van der Waals surface area (Å²) in [5, 5.41) is 37.4. The number of hydrogen-bond acceptors (Lipinski definition) is 15. The van der Waals surface area contributed by atoms with E-state index in [2.05, 4.69) is 53.8 Å². The Morgan fingerprint density at radius 1 is 0.846 bits per heavy atom. The number of fused-ring (bicyclic) bond motifs is 1. The standard InChI is InChI=1S/C30H36N10O11S/c31-17(25(45)37-19(9-21(42)43)26(46)38-20(12-52)29(50)51)7-5-16(41)6-8-18(28(48)49)36-24(44)13-1-3-14(4-2-13)33-10-15-11-34-23-22(35-15)27(47)40-30(32)39-23/h1-4,11,17-20,33,52H,5-10,12,31H2,(H,36,44)(H,37,45)(H,38,46)(H,42,43)(H,48,49)(H,50,51)(H3,32,34,39,40,47). The number of nitrogens with two attached hydrogens (primary N) is 2. The zero-order chi connectivity index (χ0) is 38.5. The van der Waals surface area contributed by atoms with E-state index in [0.29, 0.717) is 11.4 Å². The molecule has 3 rings (SSSR count). The van der Waals surface area contributed by atoms with Crippen molar-refractivity contribution in [3.8, 4) is 0 Å². The Balaban J connectivity index is 1.47. The molecule has 0 aliphatic rings. The predicted octanol–water partition coefficient (Wildman–Crippen LogP) is -1.99. The van der Waals surface area contributed by atoms with Gasteiger partial charge in [-0.1, -0.05) is 0 Å². The molecule has 21 nitrogen and oxygen atoms in total. The van der Waals surface area contributed by atoms with E-state index in [0.717, 1.165) is 0 Å². The van der Waals surface area contributed by atoms with Crippen molar-refractivity contribution < 1.29 is 48.9 Å². The first kappa shape index (κ1) is 40.3. The Morgan fingerprint density at radius 3 is 2.10 bits per heavy atom. The molecule has 3 aromatic rings. The van der Waals surface area contributed by atoms with Crippen LogP contribution in [0.4, 0.5) is 11.6 Å². The van der Waals surface area contributed by atoms with Crippen molar-refractivity contribution in [2.24, 2.45) is 5.73 Å². The minimum atomic E-state index is -1.67. The second-order valence-corrected chi connectivity index (χ2v) is 11.6. The fraction of sp³-hybridized carbons (Fsp3) is 0.367. The molecule has 2 heterocycles. The van der Waals surface area contributed by atoms with Gasteiger partial charge in [-0.15, -0.1) is 0 Å². The number of rotatable bonds is 20. The van der Waals surface area contributed by atoms with Gasteiger partial charge in [0.15, 0.2) is 11.2 Å². The van der Waals surface area contributed by atoms with E-state index in [1.54, 1.807) is 12.1 Å². The Kier molecular flexibility index (Phi) is 14.5. The molecule has 0 bridgehead atoms. The molecule has 52 heavy (non-hydrogen) atoms. The van der Waals surface area contributed by atoms with Crippen LogP contribution in [0.5, 0.6) is 0 Å². The van der Waals surface area contributed by atoms with Gasteiger partial charge in [-0.05, 0) is 37.1 Å². The van der Waals surface area contributed by atoms with E-state index in [1.807, 2.05) is 0 Å². The average molecular weight is 745 g/mol. The highest BCUT2D eigenvalue weighted by Crippen LogP contribution is 2.13. The molecule has 0 saturated heterocycles. The van der Waals surface area contributed by atoms with Gasteiger partial charge in [-0.2, -0.15) is 17.6 Å². The number of benzene rings is 1. The third kappa shape index (κ3) is 12.0. The number of anilines is 2. The van der Waals surface area contributed by atoms with Gasteiger partial charge in [-0.25, -0.2) is 19.6 Å². The van der Waals surface area contributed by atoms with Crippen LogP contribution in [0.2, 0.25) is 0 Å². The molecule has 12 N–H and O–H groups in total. The maximum absolute atomic E-state index is 12.8. The highest BCUT2D eigenvalue weighted by Gasteiger charge is 2.29. The van der Waals surface area contributed by atoms with Gasteiger partial charge in [0, 0.05) is 29.8 Å². The van der Waals surface area contributed by atoms with Crippen LogP contribution in [0.15, 0.2) is 35.3 Å². The number of amides is 3. The topological polar surface area (TPSA) is 352 Å². The van der Waals surface area contributed by atoms with Crippen molar-refractivity contribution in [3.63, 3.8) is 0 Å². The van der Waals surface area contributed by atoms with Crippen molar-refractivity contribution in [3.05, 3.63) is 52.1 Å². The molecule has 0 aliphatic carbocycles. The molecular weight excluding hydrogens is 708 g/mol. The molecule has 22 heteroatoms. The van der Waals surface area contributed by atoms with E-state index in [4.69, 9.17) is 21.7 Å². The number of aromatic amines is 1. The lowest BCUT2D eigenvalue weighted by Gasteiger charge is -2.21. The normalized spacial score (nSPS) is 13.2. The summed E-state index contributed by atoms with van der Waals surface area (Å²) in [4.78, 5) is 111. The van der Waals surface area contributed by atoms with Crippen LogP contribution in [-0.4, -0.2) is 107 Å². The number of aliphatic carboxylic acids is 3. The molecular formula is C30H36N10O11S. The Morgan fingerprint density at radius 2 is 1.48 bits per heavy atom. The lowest BCUT2D eigenvalue weighted by Crippen LogP contribution is -2.55. The average Bonchev–Trinajstić information content (AvgIpc) is 3.09. The highest BCUT2D eigenvalue weighted by molar-refractivity contribution is 7.80. The minimum absolute atomic E-state index is 0.0111. The first-order valence-corrected chi connectivity index (χ1v) is 16.0. The number of thiol groups is 1. The summed E-state index contributed by atoms with van der Waals surface area (Å²) >= 11 is 3.80. The van der Waals surface area contributed by atoms with Crippen molar-refractivity contribution in [1.82, 2.24) is 35.9 Å². The number of hydrogen-bond donors (Lipinski definition) is 11. The summed E-state index contributed by atoms with van der Waals surface area (Å²) in [5.41, 5.74) is 12.0. The number of aromatic nitrogens is 4. The maximum atomic E-state index is 12.8. The highest BCUT2D eigenvalue weighted by atomic mass is 32.1. The van der Waals surface area contributed by atoms with Gasteiger partial charge < -0.3 is 48.1 Å². The number of nitrogens with zero attached hydrogens (tertiary/aromatic N) is 3. The van der Waals surface area contributed by atoms with E-state index in [9.17, 15) is 43.5 Å². The van der Waals surface area contributed by atoms with Crippen molar-refractivity contribution in [1.29, 1.82) is 0 Å². The van der Waals surface area contributed by atoms with Gasteiger partial charge in [0.2, 0.25) is 17.8 Å². The van der Waals surface area contributed by atoms with Gasteiger partial charge in [0.1, 0.15) is 23.9 Å². The first-order chi connectivity index (χ1) is 24.6. The zero-order valence-electron chi connectivity index (χ0n) is 27.2. The molecule has 2 aromatic heterocycles. The van der Waals surface area contributed by atoms with Gasteiger partial charge >= 0.3 is 17.9 Å². The fourth-order valence-electron chi connectivity index (χ4n) is 4.49. The summed E-state index contributed by atoms with van der Waals surface area (Å²) in [7, 11) is 0. The third-order valence-electron chi connectivity index (χ3n) is 7.30. The van der Waals surface area contributed by atoms with E-state index in [1.165, 1.54) is 18.3 Å². The summed E-state index contributed by atoms with van der Waals surface area (Å²) in [6, 6.07) is 0.0656. The number of nitrogens with one attached hydrogen (secondary N) is 5. The number of carboxylic acid groups (broad SMARTS) is 3. The van der Waals surface area contributed by atoms with Crippen LogP contribution >= 0.6 is 12.6 Å². The Bertz CT molecular complexity index is 1890. The first-order valence-electron chi connectivity index (χ1n) is 15.4. The molecule has 4 unspecified atom stereocenters. The SMILES string of the molecule is Nc1nc2ncc(CNc3ccc(C(=O)NC(CCC(=O)CCC(N)C(=O)NC(CC(=O)O)C(=O)NC(CS)C(=O)O)C(=O)O)cc3)nc2c(=O)[nH]1. The van der Waals surface area contributed by atoms with E-state index in [-0.39, 0.29) is 60.7 Å². The lowest BCUT2D eigenvalue weighted by atomic mass is 10.0. The van der Waals surface area contributed by atoms with Crippen LogP contribution in [-0.2, 0) is 35.3 Å². The molecule has 4 atom stereocenters. The van der Waals surface area contributed by atoms with Crippen LogP contribution in [0.3, 0.4) is 0 Å². The molecule has 0 fully saturated rings. The smallest absolute Gasteiger partial charge is 0.327 e. The summed E-state index contributed by atoms with van der Waals surface area (Å²) in [6.07, 6.45) is -0.580. The number of carboxylic acids is 3. The van der Waals surface area contributed by atoms with Crippen molar-refractivity contribution in [2.75, 3.05) is 16.8 Å². The molecule has 0 saturated carbocycles. The summed E-state index contributed by atoms with van der Waals surface area (Å²) < 4.78 is 0. The van der Waals surface area contributed by atoms with Crippen molar-refractivity contribution >= 4 is 76.8 Å². The number of carbonyl (C=O) groups excluding carboxylic acids is 4. The zero-order valence-corrected chi connectivity index (χ0v) is 28.1. The van der Waals surface area contributed by atoms with Crippen LogP contribution in [0.1, 0.15) is 48.2 Å². The van der Waals surface area contributed by atoms with Gasteiger partial charge in [0.25, 0.3) is 11.5 Å². The fourth-order valence-corrected chi connectivity index (χ4v) is 4.73.